The molecule has 0 aliphatic carbocycles. The van der Waals surface area contributed by atoms with Crippen LogP contribution in [0.5, 0.6) is 5.75 Å². The van der Waals surface area contributed by atoms with Gasteiger partial charge in [-0.3, -0.25) is 57.7 Å². The molecule has 0 unspecified atom stereocenters. The van der Waals surface area contributed by atoms with Crippen LogP contribution in [-0.2, 0) is 133 Å². The zero-order valence-corrected chi connectivity index (χ0v) is 83.4. The number of nitrogens with one attached hydrogen (secondary N) is 10. The van der Waals surface area contributed by atoms with Crippen LogP contribution in [0.2, 0.25) is 0 Å². The SMILES string of the molecule is CC(=O)N[C@H]1[C@H](OCCCCC(=O)NCCCNC(=O)CCOCC(COCCC(=O)NCCCNC(=O)CCCCO[C@@H]2O[C@H](CO)[C@H](O)[C@H](O)[C@H]2NC(C)=O)(COCCC(=O)NCCCNC(=O)CCCCO[C@@H]2O[C@H](CO)[C@H](O)[C@H](O)[C@H]2NC(C)=O)NC(=O)CCC(C=NCCOCCOCCOCCOCCOCCOCCOCCOCCC(=O)Oc2c(F)c(F)c(F)c(F)c2F)=NN)O[C@H](CO)[C@H](O)[C@@H]1O. The minimum absolute atomic E-state index is 0.0158. The van der Waals surface area contributed by atoms with E-state index in [2.05, 4.69) is 68.0 Å². The number of amides is 10. The number of ether oxygens (including phenoxy) is 18. The van der Waals surface area contributed by atoms with Crippen LogP contribution in [0, 0.1) is 29.1 Å². The Morgan fingerprint density at radius 1 is 0.333 bits per heavy atom. The van der Waals surface area contributed by atoms with Crippen LogP contribution in [0.25, 0.3) is 0 Å². The maximum Gasteiger partial charge on any atom is 0.313 e. The lowest BCUT2D eigenvalue weighted by molar-refractivity contribution is -0.270. The van der Waals surface area contributed by atoms with Crippen LogP contribution >= 0.6 is 0 Å². The normalized spacial score (nSPS) is 21.1. The number of esters is 1. The van der Waals surface area contributed by atoms with E-state index in [4.69, 9.17) is 86.4 Å². The molecular weight excluding hydrogens is 1980 g/mol. The molecule has 0 saturated carbocycles. The summed E-state index contributed by atoms with van der Waals surface area (Å²) in [5.41, 5.74) is -1.36. The number of halogens is 5. The number of hydrazone groups is 1. The fourth-order valence-electron chi connectivity index (χ4n) is 14.0. The third-order valence-electron chi connectivity index (χ3n) is 21.8. The first-order chi connectivity index (χ1) is 70.7. The summed E-state index contributed by atoms with van der Waals surface area (Å²) in [7, 11) is 0. The third-order valence-corrected chi connectivity index (χ3v) is 21.8. The van der Waals surface area contributed by atoms with Gasteiger partial charge >= 0.3 is 5.97 Å². The Kier molecular flexibility index (Phi) is 69.5. The lowest BCUT2D eigenvalue weighted by atomic mass is 9.97. The van der Waals surface area contributed by atoms with Crippen molar-refractivity contribution in [3.05, 3.63) is 29.1 Å². The van der Waals surface area contributed by atoms with E-state index in [-0.39, 0.29) is 259 Å². The van der Waals surface area contributed by atoms with E-state index in [1.54, 1.807) is 0 Å². The standard InChI is InChI=1S/C91H152F5N13O38/c1-58(113)105-78-84(127)81(124)62(52-110)144-88(78)141-29-7-4-13-65(116)99-22-10-25-102-68(119)18-32-138-55-91(56-139-33-19-69(120)103-26-11-23-100-66(117)14-5-8-30-142-89-79(106-59(2)114)85(128)82(125)63(53-111)145-89,57-140-34-20-70(121)104-27-12-24-101-67(118)15-6-9-31-143-90-80(107-60(3)115)86(129)83(126)64(54-112)146-90)108-71(122)17-16-61(109-97)51-98-28-36-131-38-40-133-42-44-135-46-48-137-50-49-136-47-45-134-43-41-132-39-37-130-35-21-72(123)147-87-76(95)74(93)73(92)75(94)77(87)96/h51,62-64,78-86,88-90,110-112,124-129H,4-50,52-57,97H2,1-3H3,(H,99,116)(H,100,117)(H,101,118)(H,102,119)(H,103,120)(H,104,121)(H,105,113)(H,106,114)(H,107,115)(H,108,122)/t62-,63-,64-,78-,79-,80-,81+,82+,83+,84-,85-,86-,88-,89-,90-/m1/s1. The van der Waals surface area contributed by atoms with E-state index >= 15 is 0 Å². The van der Waals surface area contributed by atoms with Crippen LogP contribution in [0.4, 0.5) is 22.0 Å². The molecule has 3 saturated heterocycles. The van der Waals surface area contributed by atoms with E-state index in [0.29, 0.717) is 84.2 Å². The Morgan fingerprint density at radius 3 is 0.905 bits per heavy atom. The number of aliphatic hydroxyl groups excluding tert-OH is 9. The van der Waals surface area contributed by atoms with Crippen LogP contribution in [-0.4, -0.2) is 451 Å². The van der Waals surface area contributed by atoms with Crippen molar-refractivity contribution in [2.75, 3.05) is 231 Å². The molecule has 3 aliphatic heterocycles. The van der Waals surface area contributed by atoms with Crippen LogP contribution < -0.4 is 63.7 Å². The average molecular weight is 2130 g/mol. The summed E-state index contributed by atoms with van der Waals surface area (Å²) in [5.74, 6) is -12.9. The molecule has 10 amide bonds. The molecule has 3 fully saturated rings. The summed E-state index contributed by atoms with van der Waals surface area (Å²) in [6.45, 7) is 4.67. The van der Waals surface area contributed by atoms with Crippen molar-refractivity contribution in [1.29, 1.82) is 0 Å². The van der Waals surface area contributed by atoms with Gasteiger partial charge in [0.05, 0.1) is 184 Å². The van der Waals surface area contributed by atoms with Gasteiger partial charge in [0, 0.05) is 137 Å². The summed E-state index contributed by atoms with van der Waals surface area (Å²) in [6.07, 6.45) is -12.4. The number of aliphatic hydroxyl groups is 9. The molecule has 1 aromatic rings. The first-order valence-electron chi connectivity index (χ1n) is 49.0. The number of carbonyl (C=O) groups is 11. The molecule has 0 bridgehead atoms. The smallest absolute Gasteiger partial charge is 0.313 e. The van der Waals surface area contributed by atoms with E-state index in [9.17, 15) is 121 Å². The highest BCUT2D eigenvalue weighted by Crippen LogP contribution is 2.31. The number of hydrogen-bond donors (Lipinski definition) is 20. The van der Waals surface area contributed by atoms with E-state index in [1.807, 2.05) is 0 Å². The van der Waals surface area contributed by atoms with Gasteiger partial charge in [-0.05, 0) is 57.8 Å². The van der Waals surface area contributed by atoms with Gasteiger partial charge in [0.2, 0.25) is 93.9 Å². The van der Waals surface area contributed by atoms with Gasteiger partial charge in [0.25, 0.3) is 0 Å². The summed E-state index contributed by atoms with van der Waals surface area (Å²) in [5, 5.41) is 122. The van der Waals surface area contributed by atoms with Crippen molar-refractivity contribution in [2.24, 2.45) is 15.9 Å². The summed E-state index contributed by atoms with van der Waals surface area (Å²) in [4.78, 5) is 144. The first-order valence-corrected chi connectivity index (χ1v) is 49.0. The fourth-order valence-corrected chi connectivity index (χ4v) is 14.0. The lowest BCUT2D eigenvalue weighted by Gasteiger charge is -2.42. The highest BCUT2D eigenvalue weighted by atomic mass is 19.2. The Morgan fingerprint density at radius 2 is 0.612 bits per heavy atom. The van der Waals surface area contributed by atoms with E-state index < -0.39 is 206 Å². The van der Waals surface area contributed by atoms with Crippen molar-refractivity contribution >= 4 is 77.0 Å². The van der Waals surface area contributed by atoms with Crippen molar-refractivity contribution in [1.82, 2.24) is 53.2 Å². The maximum atomic E-state index is 14.2. The Balaban J connectivity index is 1.26. The molecule has 56 heteroatoms. The zero-order valence-electron chi connectivity index (χ0n) is 83.4. The number of carbonyl (C=O) groups excluding carboxylic acids is 11. The van der Waals surface area contributed by atoms with Gasteiger partial charge in [-0.2, -0.15) is 13.9 Å². The van der Waals surface area contributed by atoms with Crippen molar-refractivity contribution in [3.8, 4) is 5.75 Å². The fraction of sp³-hybridized carbons (Fsp3) is 0.791. The number of nitrogens with two attached hydrogens (primary N) is 1. The molecule has 147 heavy (non-hydrogen) atoms. The minimum atomic E-state index is -2.39. The molecule has 0 radical (unpaired) electrons. The summed E-state index contributed by atoms with van der Waals surface area (Å²) < 4.78 is 167. The summed E-state index contributed by atoms with van der Waals surface area (Å²) in [6, 6.07) is -3.37. The molecule has 15 atom stereocenters. The van der Waals surface area contributed by atoms with Crippen LogP contribution in [0.15, 0.2) is 10.1 Å². The van der Waals surface area contributed by atoms with Gasteiger partial charge in [0.15, 0.2) is 18.9 Å². The second kappa shape index (κ2) is 78.3. The zero-order chi connectivity index (χ0) is 108. The van der Waals surface area contributed by atoms with Gasteiger partial charge in [-0.15, -0.1) is 0 Å². The second-order valence-corrected chi connectivity index (χ2v) is 33.9. The molecule has 4 rings (SSSR count). The number of aliphatic imine (C=N–C) groups is 1. The summed E-state index contributed by atoms with van der Waals surface area (Å²) >= 11 is 0. The van der Waals surface area contributed by atoms with Gasteiger partial charge in [-0.1, -0.05) is 0 Å². The largest absolute Gasteiger partial charge is 0.420 e. The number of nitrogens with zero attached hydrogens (tertiary/aromatic N) is 2. The third kappa shape index (κ3) is 55.7. The molecule has 21 N–H and O–H groups in total. The van der Waals surface area contributed by atoms with E-state index in [0.717, 1.165) is 0 Å². The van der Waals surface area contributed by atoms with Crippen molar-refractivity contribution in [2.45, 2.75) is 234 Å². The highest BCUT2D eigenvalue weighted by molar-refractivity contribution is 6.30. The van der Waals surface area contributed by atoms with Crippen LogP contribution in [0.3, 0.4) is 0 Å². The number of hydrogen-bond acceptors (Lipinski definition) is 41. The monoisotopic (exact) mass is 2130 g/mol. The number of benzene rings is 1. The topological polar surface area (TPSA) is 707 Å². The molecule has 0 aromatic heterocycles. The quantitative estimate of drug-likeness (QED) is 0.00333. The van der Waals surface area contributed by atoms with Gasteiger partial charge in [-0.25, -0.2) is 13.2 Å². The first kappa shape index (κ1) is 130. The maximum absolute atomic E-state index is 14.2. The molecule has 0 spiro atoms. The number of rotatable bonds is 84. The van der Waals surface area contributed by atoms with Gasteiger partial charge < -0.3 is 190 Å². The van der Waals surface area contributed by atoms with Crippen molar-refractivity contribution < 1.29 is 206 Å². The molecule has 51 nitrogen and oxygen atoms in total. The minimum Gasteiger partial charge on any atom is -0.420 e. The molecule has 3 aliphatic rings. The second-order valence-electron chi connectivity index (χ2n) is 33.9. The average Bonchev–Trinajstić information content (AvgIpc) is 0.858. The predicted molar refractivity (Wildman–Crippen MR) is 502 cm³/mol. The predicted octanol–water partition coefficient (Wildman–Crippen LogP) is -5.69. The number of unbranched alkanes of at least 4 members (excludes halogenated alkanes) is 3. The Hall–Kier alpha value is -8.86. The highest BCUT2D eigenvalue weighted by Gasteiger charge is 2.49. The Bertz CT molecular complexity index is 3740. The molecule has 844 valence electrons. The Labute approximate surface area is 848 Å². The molecular formula is C91H152F5N13O38. The van der Waals surface area contributed by atoms with Gasteiger partial charge in [0.1, 0.15) is 78.6 Å². The van der Waals surface area contributed by atoms with Crippen molar-refractivity contribution in [3.63, 3.8) is 0 Å². The van der Waals surface area contributed by atoms with Crippen LogP contribution in [0.1, 0.15) is 136 Å². The lowest BCUT2D eigenvalue weighted by Crippen LogP contribution is -2.64. The molecule has 3 heterocycles. The molecule has 1 aromatic carbocycles. The van der Waals surface area contributed by atoms with E-state index in [1.165, 1.54) is 27.0 Å².